The molecule has 2 heterocycles. The summed E-state index contributed by atoms with van der Waals surface area (Å²) in [7, 11) is 0. The first-order chi connectivity index (χ1) is 9.99. The number of hydrogen-bond donors (Lipinski definition) is 1. The van der Waals surface area contributed by atoms with Crippen molar-refractivity contribution < 1.29 is 23.1 Å². The third kappa shape index (κ3) is 4.10. The molecule has 1 aromatic rings. The zero-order chi connectivity index (χ0) is 15.4. The first-order valence-corrected chi connectivity index (χ1v) is 7.57. The monoisotopic (exact) mass is 338 g/mol. The number of ether oxygens (including phenoxy) is 1. The van der Waals surface area contributed by atoms with Crippen LogP contribution in [0.15, 0.2) is 0 Å². The summed E-state index contributed by atoms with van der Waals surface area (Å²) in [5.74, 6) is -0.848. The highest BCUT2D eigenvalue weighted by Gasteiger charge is 2.26. The Bertz CT molecular complexity index is 539. The molecule has 5 nitrogen and oxygen atoms in total. The Morgan fingerprint density at radius 3 is 2.90 bits per heavy atom. The van der Waals surface area contributed by atoms with Crippen LogP contribution in [0.4, 0.5) is 8.78 Å². The van der Waals surface area contributed by atoms with Crippen molar-refractivity contribution >= 4 is 34.8 Å². The first kappa shape index (κ1) is 16.1. The molecule has 0 spiro atoms. The van der Waals surface area contributed by atoms with Crippen LogP contribution >= 0.6 is 22.9 Å². The molecule has 0 radical (unpaired) electrons. The lowest BCUT2D eigenvalue weighted by Crippen LogP contribution is -2.25. The van der Waals surface area contributed by atoms with Crippen molar-refractivity contribution in [3.8, 4) is 0 Å². The second-order valence-electron chi connectivity index (χ2n) is 4.53. The summed E-state index contributed by atoms with van der Waals surface area (Å²) in [6.07, 6.45) is -0.816. The molecule has 1 amide bonds. The fourth-order valence-corrected chi connectivity index (χ4v) is 3.03. The van der Waals surface area contributed by atoms with Crippen molar-refractivity contribution in [1.82, 2.24) is 10.3 Å². The van der Waals surface area contributed by atoms with Crippen molar-refractivity contribution in [2.45, 2.75) is 25.7 Å². The van der Waals surface area contributed by atoms with E-state index in [4.69, 9.17) is 16.3 Å². The molecule has 116 valence electrons. The molecule has 21 heavy (non-hydrogen) atoms. The van der Waals surface area contributed by atoms with E-state index in [1.54, 1.807) is 0 Å². The highest BCUT2D eigenvalue weighted by Crippen LogP contribution is 2.32. The second kappa shape index (κ2) is 7.13. The summed E-state index contributed by atoms with van der Waals surface area (Å²) in [5, 5.41) is 2.14. The standard InChI is InChI=1S/C12H13ClF2N2O3S/c13-8-7(9(14)15)21-11(17-8)10(18)16-4-1-2-6-3-5-20-12(6)19/h6,9H,1-5H2,(H,16,18). The Morgan fingerprint density at radius 2 is 2.33 bits per heavy atom. The highest BCUT2D eigenvalue weighted by molar-refractivity contribution is 7.14. The molecule has 0 aromatic carbocycles. The number of alkyl halides is 2. The number of cyclic esters (lactones) is 1. The van der Waals surface area contributed by atoms with Gasteiger partial charge in [0.1, 0.15) is 10.0 Å². The molecule has 1 aliphatic rings. The quantitative estimate of drug-likeness (QED) is 0.639. The number of hydrogen-bond acceptors (Lipinski definition) is 5. The Labute approximate surface area is 128 Å². The van der Waals surface area contributed by atoms with Gasteiger partial charge < -0.3 is 10.1 Å². The Hall–Kier alpha value is -1.28. The number of carbonyl (C=O) groups excluding carboxylic acids is 2. The molecule has 0 aliphatic carbocycles. The number of nitrogens with zero attached hydrogens (tertiary/aromatic N) is 1. The summed E-state index contributed by atoms with van der Waals surface area (Å²) in [5.41, 5.74) is 0. The van der Waals surface area contributed by atoms with E-state index in [0.29, 0.717) is 43.8 Å². The maximum Gasteiger partial charge on any atom is 0.309 e. The summed E-state index contributed by atoms with van der Waals surface area (Å²) < 4.78 is 29.9. The minimum atomic E-state index is -2.75. The molecule has 1 aliphatic heterocycles. The van der Waals surface area contributed by atoms with Gasteiger partial charge in [-0.3, -0.25) is 9.59 Å². The molecule has 2 rings (SSSR count). The molecule has 1 fully saturated rings. The van der Waals surface area contributed by atoms with Gasteiger partial charge in [0, 0.05) is 6.54 Å². The van der Waals surface area contributed by atoms with E-state index in [9.17, 15) is 18.4 Å². The predicted octanol–water partition coefficient (Wildman–Crippen LogP) is 2.81. The number of aromatic nitrogens is 1. The number of carbonyl (C=O) groups is 2. The topological polar surface area (TPSA) is 68.3 Å². The van der Waals surface area contributed by atoms with Gasteiger partial charge in [-0.05, 0) is 19.3 Å². The van der Waals surface area contributed by atoms with Gasteiger partial charge in [-0.15, -0.1) is 11.3 Å². The maximum absolute atomic E-state index is 12.5. The van der Waals surface area contributed by atoms with Crippen LogP contribution in [0.25, 0.3) is 0 Å². The van der Waals surface area contributed by atoms with E-state index in [0.717, 1.165) is 0 Å². The molecule has 1 unspecified atom stereocenters. The Kier molecular flexibility index (Phi) is 5.46. The number of nitrogens with one attached hydrogen (secondary N) is 1. The van der Waals surface area contributed by atoms with Crippen LogP contribution in [0.5, 0.6) is 0 Å². The summed E-state index contributed by atoms with van der Waals surface area (Å²) in [6.45, 7) is 0.785. The van der Waals surface area contributed by atoms with E-state index in [1.165, 1.54) is 0 Å². The predicted molar refractivity (Wildman–Crippen MR) is 72.7 cm³/mol. The average molecular weight is 339 g/mol. The van der Waals surface area contributed by atoms with Crippen LogP contribution in [-0.4, -0.2) is 30.0 Å². The third-order valence-corrected chi connectivity index (χ3v) is 4.52. The summed E-state index contributed by atoms with van der Waals surface area (Å²) in [4.78, 5) is 26.2. The van der Waals surface area contributed by atoms with Gasteiger partial charge in [0.2, 0.25) is 0 Å². The van der Waals surface area contributed by atoms with Crippen LogP contribution in [-0.2, 0) is 9.53 Å². The average Bonchev–Trinajstić information content (AvgIpc) is 3.01. The first-order valence-electron chi connectivity index (χ1n) is 6.38. The largest absolute Gasteiger partial charge is 0.465 e. The van der Waals surface area contributed by atoms with Crippen molar-refractivity contribution in [2.75, 3.05) is 13.2 Å². The molecular formula is C12H13ClF2N2O3S. The van der Waals surface area contributed by atoms with Crippen LogP contribution < -0.4 is 5.32 Å². The van der Waals surface area contributed by atoms with Crippen LogP contribution in [0.2, 0.25) is 5.15 Å². The van der Waals surface area contributed by atoms with E-state index < -0.39 is 17.2 Å². The van der Waals surface area contributed by atoms with Gasteiger partial charge >= 0.3 is 5.97 Å². The lowest BCUT2D eigenvalue weighted by atomic mass is 10.0. The van der Waals surface area contributed by atoms with Gasteiger partial charge in [0.05, 0.1) is 12.5 Å². The van der Waals surface area contributed by atoms with Crippen molar-refractivity contribution in [3.63, 3.8) is 0 Å². The van der Waals surface area contributed by atoms with Crippen molar-refractivity contribution in [2.24, 2.45) is 5.92 Å². The smallest absolute Gasteiger partial charge is 0.309 e. The van der Waals surface area contributed by atoms with Gasteiger partial charge in [0.25, 0.3) is 12.3 Å². The van der Waals surface area contributed by atoms with Gasteiger partial charge in [-0.2, -0.15) is 0 Å². The minimum absolute atomic E-state index is 0.0874. The van der Waals surface area contributed by atoms with Crippen molar-refractivity contribution in [3.05, 3.63) is 15.0 Å². The van der Waals surface area contributed by atoms with E-state index >= 15 is 0 Å². The number of thiazole rings is 1. The lowest BCUT2D eigenvalue weighted by molar-refractivity contribution is -0.141. The van der Waals surface area contributed by atoms with Crippen LogP contribution in [0.3, 0.4) is 0 Å². The highest BCUT2D eigenvalue weighted by atomic mass is 35.5. The van der Waals surface area contributed by atoms with E-state index in [1.807, 2.05) is 0 Å². The fourth-order valence-electron chi connectivity index (χ4n) is 1.97. The van der Waals surface area contributed by atoms with Gasteiger partial charge in [-0.1, -0.05) is 11.6 Å². The number of rotatable bonds is 6. The SMILES string of the molecule is O=C(NCCCC1CCOC1=O)c1nc(Cl)c(C(F)F)s1. The number of halogens is 3. The molecule has 1 aromatic heterocycles. The number of esters is 1. The minimum Gasteiger partial charge on any atom is -0.465 e. The summed E-state index contributed by atoms with van der Waals surface area (Å²) in [6, 6.07) is 0. The molecule has 1 N–H and O–H groups in total. The molecule has 1 saturated heterocycles. The molecular weight excluding hydrogens is 326 g/mol. The zero-order valence-electron chi connectivity index (χ0n) is 10.9. The van der Waals surface area contributed by atoms with E-state index in [2.05, 4.69) is 10.3 Å². The molecule has 0 saturated carbocycles. The lowest BCUT2D eigenvalue weighted by Gasteiger charge is -2.05. The maximum atomic E-state index is 12.5. The van der Waals surface area contributed by atoms with Gasteiger partial charge in [-0.25, -0.2) is 13.8 Å². The second-order valence-corrected chi connectivity index (χ2v) is 5.91. The molecule has 9 heteroatoms. The third-order valence-electron chi connectivity index (χ3n) is 3.06. The van der Waals surface area contributed by atoms with Crippen LogP contribution in [0, 0.1) is 5.92 Å². The number of amides is 1. The molecule has 1 atom stereocenters. The van der Waals surface area contributed by atoms with Crippen LogP contribution in [0.1, 0.15) is 40.4 Å². The Balaban J connectivity index is 1.77. The Morgan fingerprint density at radius 1 is 1.57 bits per heavy atom. The van der Waals surface area contributed by atoms with Crippen molar-refractivity contribution in [1.29, 1.82) is 0 Å². The van der Waals surface area contributed by atoms with E-state index in [-0.39, 0.29) is 22.0 Å². The normalized spacial score (nSPS) is 18.1. The fraction of sp³-hybridized carbons (Fsp3) is 0.583. The summed E-state index contributed by atoms with van der Waals surface area (Å²) >= 11 is 6.12. The zero-order valence-corrected chi connectivity index (χ0v) is 12.5. The van der Waals surface area contributed by atoms with Gasteiger partial charge in [0.15, 0.2) is 5.01 Å². The molecule has 0 bridgehead atoms.